The van der Waals surface area contributed by atoms with Crippen LogP contribution in [0.15, 0.2) is 40.3 Å². The number of allylic oxidation sites excluding steroid dienone is 1. The van der Waals surface area contributed by atoms with Crippen LogP contribution in [0.2, 0.25) is 0 Å². The van der Waals surface area contributed by atoms with E-state index in [2.05, 4.69) is 0 Å². The molecule has 0 heterocycles. The second kappa shape index (κ2) is 6.35. The largest absolute Gasteiger partial charge is 0.497 e. The topological polar surface area (TPSA) is 29.5 Å². The molecule has 0 aliphatic carbocycles. The first-order valence-corrected chi connectivity index (χ1v) is 6.05. The molecule has 0 amide bonds. The summed E-state index contributed by atoms with van der Waals surface area (Å²) in [4.78, 5) is 15.1. The lowest BCUT2D eigenvalue weighted by atomic mass is 10.3. The number of ether oxygens (including phenoxy) is 1. The Kier molecular flexibility index (Phi) is 5.10. The number of hydrogen-bond donors (Lipinski definition) is 0. The molecule has 0 radical (unpaired) electrons. The van der Waals surface area contributed by atoms with E-state index in [4.69, 9.17) is 4.74 Å². The first-order valence-electron chi connectivity index (χ1n) is 5.24. The number of hydrogen-bond acceptors (Lipinski definition) is 4. The van der Waals surface area contributed by atoms with Crippen LogP contribution in [0.5, 0.6) is 5.75 Å². The smallest absolute Gasteiger partial charge is 0.167 e. The van der Waals surface area contributed by atoms with Gasteiger partial charge in [-0.25, -0.2) is 0 Å². The Morgan fingerprint density at radius 1 is 1.41 bits per heavy atom. The fraction of sp³-hybridized carbons (Fsp3) is 0.308. The number of methoxy groups -OCH3 is 1. The van der Waals surface area contributed by atoms with Crippen molar-refractivity contribution in [3.63, 3.8) is 0 Å². The highest BCUT2D eigenvalue weighted by Crippen LogP contribution is 2.29. The molecule has 0 bridgehead atoms. The third kappa shape index (κ3) is 4.53. The van der Waals surface area contributed by atoms with Crippen molar-refractivity contribution in [3.8, 4) is 5.75 Å². The van der Waals surface area contributed by atoms with Crippen LogP contribution < -0.4 is 4.74 Å². The van der Waals surface area contributed by atoms with E-state index in [1.54, 1.807) is 14.0 Å². The van der Waals surface area contributed by atoms with Gasteiger partial charge in [-0.3, -0.25) is 4.79 Å². The van der Waals surface area contributed by atoms with E-state index in [0.717, 1.165) is 10.6 Å². The molecule has 1 rings (SSSR count). The predicted molar refractivity (Wildman–Crippen MR) is 71.3 cm³/mol. The average Bonchev–Trinajstić information content (AvgIpc) is 2.27. The molecule has 0 aliphatic heterocycles. The quantitative estimate of drug-likeness (QED) is 0.594. The van der Waals surface area contributed by atoms with E-state index in [1.807, 2.05) is 49.5 Å². The molecule has 0 fully saturated rings. The second-order valence-electron chi connectivity index (χ2n) is 3.79. The number of rotatable bonds is 5. The second-order valence-corrected chi connectivity index (χ2v) is 4.91. The molecule has 4 heteroatoms. The van der Waals surface area contributed by atoms with Crippen LogP contribution in [-0.2, 0) is 4.79 Å². The summed E-state index contributed by atoms with van der Waals surface area (Å²) >= 11 is 1.44. The van der Waals surface area contributed by atoms with Crippen LogP contribution in [0.3, 0.4) is 0 Å². The van der Waals surface area contributed by atoms with Crippen molar-refractivity contribution in [1.82, 2.24) is 4.90 Å². The van der Waals surface area contributed by atoms with Crippen LogP contribution in [0.4, 0.5) is 0 Å². The number of nitrogens with zero attached hydrogens (tertiary/aromatic N) is 1. The van der Waals surface area contributed by atoms with Crippen LogP contribution >= 0.6 is 11.8 Å². The normalized spacial score (nSPS) is 11.2. The molecule has 92 valence electrons. The summed E-state index contributed by atoms with van der Waals surface area (Å²) in [6.07, 6.45) is 1.83. The molecular weight excluding hydrogens is 234 g/mol. The molecular formula is C13H17NO2S. The summed E-state index contributed by atoms with van der Waals surface area (Å²) in [5, 5.41) is 0. The number of thioether (sulfide) groups is 1. The van der Waals surface area contributed by atoms with Crippen LogP contribution in [-0.4, -0.2) is 31.9 Å². The van der Waals surface area contributed by atoms with Crippen molar-refractivity contribution in [2.75, 3.05) is 21.2 Å². The molecule has 0 unspecified atom stereocenters. The first-order chi connectivity index (χ1) is 8.02. The maximum atomic E-state index is 11.5. The zero-order chi connectivity index (χ0) is 12.8. The fourth-order valence-electron chi connectivity index (χ4n) is 1.22. The number of carbonyl (C=O) groups excluding carboxylic acids is 1. The maximum Gasteiger partial charge on any atom is 0.167 e. The molecule has 17 heavy (non-hydrogen) atoms. The zero-order valence-electron chi connectivity index (χ0n) is 10.6. The average molecular weight is 251 g/mol. The zero-order valence-corrected chi connectivity index (χ0v) is 11.4. The summed E-state index contributed by atoms with van der Waals surface area (Å²) in [6, 6.07) is 7.67. The van der Waals surface area contributed by atoms with Gasteiger partial charge < -0.3 is 9.64 Å². The summed E-state index contributed by atoms with van der Waals surface area (Å²) in [7, 11) is 5.43. The highest BCUT2D eigenvalue weighted by molar-refractivity contribution is 8.04. The number of benzene rings is 1. The van der Waals surface area contributed by atoms with E-state index in [-0.39, 0.29) is 5.78 Å². The number of carbonyl (C=O) groups is 1. The van der Waals surface area contributed by atoms with E-state index in [0.29, 0.717) is 4.91 Å². The highest BCUT2D eigenvalue weighted by atomic mass is 32.2. The molecule has 0 saturated heterocycles. The minimum absolute atomic E-state index is 0.0616. The molecule has 1 aromatic carbocycles. The molecule has 3 nitrogen and oxygen atoms in total. The third-order valence-corrected chi connectivity index (χ3v) is 3.09. The number of Topliss-reactive ketones (excluding diaryl/α,β-unsaturated/α-hetero) is 1. The summed E-state index contributed by atoms with van der Waals surface area (Å²) < 4.78 is 5.15. The lowest BCUT2D eigenvalue weighted by Gasteiger charge is -2.09. The van der Waals surface area contributed by atoms with Crippen molar-refractivity contribution < 1.29 is 9.53 Å². The molecule has 1 aromatic rings. The van der Waals surface area contributed by atoms with Crippen molar-refractivity contribution in [2.24, 2.45) is 0 Å². The summed E-state index contributed by atoms with van der Waals surface area (Å²) in [5.74, 6) is 0.856. The monoisotopic (exact) mass is 251 g/mol. The van der Waals surface area contributed by atoms with Crippen molar-refractivity contribution in [3.05, 3.63) is 35.4 Å². The maximum absolute atomic E-state index is 11.5. The van der Waals surface area contributed by atoms with Gasteiger partial charge in [-0.1, -0.05) is 17.8 Å². The minimum atomic E-state index is 0.0616. The van der Waals surface area contributed by atoms with Gasteiger partial charge in [0.1, 0.15) is 5.75 Å². The first kappa shape index (κ1) is 13.6. The van der Waals surface area contributed by atoms with E-state index in [9.17, 15) is 4.79 Å². The Labute approximate surface area is 106 Å². The van der Waals surface area contributed by atoms with Gasteiger partial charge in [-0.15, -0.1) is 0 Å². The Bertz CT molecular complexity index is 427. The summed E-state index contributed by atoms with van der Waals surface area (Å²) in [6.45, 7) is 1.57. The van der Waals surface area contributed by atoms with E-state index < -0.39 is 0 Å². The third-order valence-electron chi connectivity index (χ3n) is 1.99. The van der Waals surface area contributed by atoms with Gasteiger partial charge in [0.05, 0.1) is 12.0 Å². The van der Waals surface area contributed by atoms with E-state index >= 15 is 0 Å². The van der Waals surface area contributed by atoms with Gasteiger partial charge in [-0.05, 0) is 25.1 Å². The van der Waals surface area contributed by atoms with Crippen molar-refractivity contribution in [1.29, 1.82) is 0 Å². The fourth-order valence-corrected chi connectivity index (χ4v) is 2.20. The Hall–Kier alpha value is -1.42. The van der Waals surface area contributed by atoms with Crippen LogP contribution in [0, 0.1) is 0 Å². The molecule has 0 saturated carbocycles. The van der Waals surface area contributed by atoms with E-state index in [1.165, 1.54) is 11.8 Å². The Balaban J connectivity index is 2.90. The van der Waals surface area contributed by atoms with Gasteiger partial charge in [-0.2, -0.15) is 0 Å². The number of ketones is 1. The van der Waals surface area contributed by atoms with Gasteiger partial charge >= 0.3 is 0 Å². The lowest BCUT2D eigenvalue weighted by molar-refractivity contribution is -0.113. The summed E-state index contributed by atoms with van der Waals surface area (Å²) in [5.41, 5.74) is 0. The Morgan fingerprint density at radius 3 is 2.65 bits per heavy atom. The SMILES string of the molecule is COc1cccc(S/C(=C\N(C)C)C(C)=O)c1. The molecule has 0 aliphatic rings. The van der Waals surface area contributed by atoms with Crippen LogP contribution in [0.25, 0.3) is 0 Å². The van der Waals surface area contributed by atoms with Gasteiger partial charge in [0.15, 0.2) is 5.78 Å². The predicted octanol–water partition coefficient (Wildman–Crippen LogP) is 2.78. The highest BCUT2D eigenvalue weighted by Gasteiger charge is 2.07. The van der Waals surface area contributed by atoms with Gasteiger partial charge in [0.25, 0.3) is 0 Å². The standard InChI is InChI=1S/C13H17NO2S/c1-10(15)13(9-14(2)3)17-12-7-5-6-11(8-12)16-4/h5-9H,1-4H3/b13-9-. The van der Waals surface area contributed by atoms with Crippen LogP contribution in [0.1, 0.15) is 6.92 Å². The molecule has 0 aromatic heterocycles. The molecule has 0 N–H and O–H groups in total. The van der Waals surface area contributed by atoms with Crippen molar-refractivity contribution in [2.45, 2.75) is 11.8 Å². The van der Waals surface area contributed by atoms with Gasteiger partial charge in [0, 0.05) is 25.2 Å². The molecule has 0 spiro atoms. The Morgan fingerprint density at radius 2 is 2.12 bits per heavy atom. The lowest BCUT2D eigenvalue weighted by Crippen LogP contribution is -2.05. The van der Waals surface area contributed by atoms with Crippen molar-refractivity contribution >= 4 is 17.5 Å². The minimum Gasteiger partial charge on any atom is -0.497 e. The van der Waals surface area contributed by atoms with Gasteiger partial charge in [0.2, 0.25) is 0 Å². The molecule has 0 atom stereocenters.